The lowest BCUT2D eigenvalue weighted by atomic mass is 10.1. The number of hydrogen-bond donors (Lipinski definition) is 1. The first-order valence-electron chi connectivity index (χ1n) is 7.94. The number of furan rings is 1. The number of benzene rings is 1. The molecule has 0 fully saturated rings. The van der Waals surface area contributed by atoms with Crippen LogP contribution < -0.4 is 14.8 Å². The Morgan fingerprint density at radius 2 is 1.88 bits per heavy atom. The fraction of sp³-hybridized carbons (Fsp3) is 0.278. The van der Waals surface area contributed by atoms with Crippen LogP contribution in [0.15, 0.2) is 22.6 Å². The normalized spacial score (nSPS) is 12.0. The van der Waals surface area contributed by atoms with Gasteiger partial charge in [0.1, 0.15) is 11.3 Å². The van der Waals surface area contributed by atoms with E-state index in [0.717, 1.165) is 0 Å². The summed E-state index contributed by atoms with van der Waals surface area (Å²) in [6.07, 6.45) is 0. The van der Waals surface area contributed by atoms with Gasteiger partial charge in [0.2, 0.25) is 12.7 Å². The van der Waals surface area contributed by atoms with Crippen LogP contribution in [-0.2, 0) is 4.74 Å². The second-order valence-electron chi connectivity index (χ2n) is 5.54. The molecule has 1 aromatic heterocycles. The van der Waals surface area contributed by atoms with Crippen molar-refractivity contribution >= 4 is 23.5 Å². The summed E-state index contributed by atoms with van der Waals surface area (Å²) < 4.78 is 20.9. The van der Waals surface area contributed by atoms with Gasteiger partial charge < -0.3 is 18.6 Å². The molecule has 0 saturated carbocycles. The number of Topliss-reactive ketones (excluding diaryl/α,β-unsaturated/α-hetero) is 1. The Bertz CT molecular complexity index is 897. The first-order valence-corrected chi connectivity index (χ1v) is 7.94. The van der Waals surface area contributed by atoms with Gasteiger partial charge in [0, 0.05) is 5.56 Å². The molecule has 2 aromatic rings. The van der Waals surface area contributed by atoms with Crippen LogP contribution >= 0.6 is 0 Å². The highest BCUT2D eigenvalue weighted by molar-refractivity contribution is 6.12. The number of aryl methyl sites for hydroxylation is 1. The van der Waals surface area contributed by atoms with Crippen LogP contribution in [-0.4, -0.2) is 31.1 Å². The maximum absolute atomic E-state index is 12.5. The third kappa shape index (κ3) is 3.13. The van der Waals surface area contributed by atoms with E-state index in [9.17, 15) is 14.4 Å². The molecule has 3 rings (SSSR count). The van der Waals surface area contributed by atoms with E-state index < -0.39 is 11.9 Å². The van der Waals surface area contributed by atoms with E-state index in [4.69, 9.17) is 18.6 Å². The van der Waals surface area contributed by atoms with Crippen molar-refractivity contribution < 1.29 is 33.0 Å². The molecule has 1 aliphatic heterocycles. The van der Waals surface area contributed by atoms with Crippen molar-refractivity contribution in [3.8, 4) is 11.5 Å². The van der Waals surface area contributed by atoms with E-state index in [1.165, 1.54) is 19.9 Å². The molecule has 8 heteroatoms. The average molecular weight is 359 g/mol. The van der Waals surface area contributed by atoms with Crippen molar-refractivity contribution in [1.82, 2.24) is 0 Å². The van der Waals surface area contributed by atoms with Crippen LogP contribution in [0.3, 0.4) is 0 Å². The molecule has 1 aromatic carbocycles. The summed E-state index contributed by atoms with van der Waals surface area (Å²) in [5.74, 6) is -0.550. The van der Waals surface area contributed by atoms with E-state index in [0.29, 0.717) is 11.5 Å². The highest BCUT2D eigenvalue weighted by atomic mass is 16.7. The van der Waals surface area contributed by atoms with Crippen molar-refractivity contribution in [1.29, 1.82) is 0 Å². The van der Waals surface area contributed by atoms with E-state index >= 15 is 0 Å². The fourth-order valence-corrected chi connectivity index (χ4v) is 2.67. The Balaban J connectivity index is 1.94. The minimum Gasteiger partial charge on any atom is -0.462 e. The standard InChI is InChI=1S/C18H17NO7/c1-4-23-18(22)15-14(9(2)20)10(3)26-17(15)19-16(21)11-5-6-12-13(7-11)25-8-24-12/h5-7H,4,8H2,1-3H3,(H,19,21). The first-order chi connectivity index (χ1) is 12.4. The predicted octanol–water partition coefficient (Wildman–Crippen LogP) is 2.95. The number of rotatable bonds is 5. The molecule has 0 radical (unpaired) electrons. The summed E-state index contributed by atoms with van der Waals surface area (Å²) >= 11 is 0. The second-order valence-corrected chi connectivity index (χ2v) is 5.54. The molecular weight excluding hydrogens is 342 g/mol. The van der Waals surface area contributed by atoms with Crippen LogP contribution in [0.4, 0.5) is 5.88 Å². The summed E-state index contributed by atoms with van der Waals surface area (Å²) in [6.45, 7) is 4.70. The number of ether oxygens (including phenoxy) is 3. The lowest BCUT2D eigenvalue weighted by molar-refractivity contribution is 0.0524. The fourth-order valence-electron chi connectivity index (χ4n) is 2.67. The van der Waals surface area contributed by atoms with Gasteiger partial charge in [-0.25, -0.2) is 4.79 Å². The molecule has 1 amide bonds. The maximum Gasteiger partial charge on any atom is 0.344 e. The van der Waals surface area contributed by atoms with Crippen molar-refractivity contribution in [2.45, 2.75) is 20.8 Å². The zero-order chi connectivity index (χ0) is 18.8. The number of nitrogens with one attached hydrogen (secondary N) is 1. The van der Waals surface area contributed by atoms with E-state index in [2.05, 4.69) is 5.32 Å². The summed E-state index contributed by atoms with van der Waals surface area (Å²) in [5.41, 5.74) is 0.276. The van der Waals surface area contributed by atoms with Gasteiger partial charge in [-0.1, -0.05) is 0 Å². The molecule has 1 N–H and O–H groups in total. The van der Waals surface area contributed by atoms with Crippen molar-refractivity contribution in [3.05, 3.63) is 40.6 Å². The third-order valence-corrected chi connectivity index (χ3v) is 3.78. The quantitative estimate of drug-likeness (QED) is 0.646. The monoisotopic (exact) mass is 359 g/mol. The molecule has 1 aliphatic rings. The molecule has 8 nitrogen and oxygen atoms in total. The smallest absolute Gasteiger partial charge is 0.344 e. The van der Waals surface area contributed by atoms with Crippen molar-refractivity contribution in [2.24, 2.45) is 0 Å². The number of anilines is 1. The number of hydrogen-bond acceptors (Lipinski definition) is 7. The second kappa shape index (κ2) is 6.91. The number of amides is 1. The molecule has 2 heterocycles. The number of ketones is 1. The summed E-state index contributed by atoms with van der Waals surface area (Å²) in [4.78, 5) is 36.7. The predicted molar refractivity (Wildman–Crippen MR) is 89.9 cm³/mol. The lowest BCUT2D eigenvalue weighted by Gasteiger charge is -2.06. The minimum absolute atomic E-state index is 0.0874. The van der Waals surface area contributed by atoms with Gasteiger partial charge in [0.25, 0.3) is 5.91 Å². The summed E-state index contributed by atoms with van der Waals surface area (Å²) in [5, 5.41) is 2.52. The zero-order valence-corrected chi connectivity index (χ0v) is 14.5. The van der Waals surface area contributed by atoms with Gasteiger partial charge >= 0.3 is 5.97 Å². The zero-order valence-electron chi connectivity index (χ0n) is 14.5. The summed E-state index contributed by atoms with van der Waals surface area (Å²) in [7, 11) is 0. The molecule has 0 atom stereocenters. The molecule has 0 aliphatic carbocycles. The third-order valence-electron chi connectivity index (χ3n) is 3.78. The Labute approximate surface area is 149 Å². The van der Waals surface area contributed by atoms with Gasteiger partial charge in [0.15, 0.2) is 17.3 Å². The minimum atomic E-state index is -0.740. The Hall–Kier alpha value is -3.29. The van der Waals surface area contributed by atoms with E-state index in [1.807, 2.05) is 0 Å². The SMILES string of the molecule is CCOC(=O)c1c(NC(=O)c2ccc3c(c2)OCO3)oc(C)c1C(C)=O. The van der Waals surface area contributed by atoms with Crippen molar-refractivity contribution in [2.75, 3.05) is 18.7 Å². The lowest BCUT2D eigenvalue weighted by Crippen LogP contribution is -2.16. The number of carbonyl (C=O) groups is 3. The number of carbonyl (C=O) groups excluding carboxylic acids is 3. The van der Waals surface area contributed by atoms with Gasteiger partial charge in [-0.15, -0.1) is 0 Å². The Morgan fingerprint density at radius 3 is 2.58 bits per heavy atom. The largest absolute Gasteiger partial charge is 0.462 e. The van der Waals surface area contributed by atoms with Crippen LogP contribution in [0.1, 0.15) is 50.7 Å². The topological polar surface area (TPSA) is 104 Å². The highest BCUT2D eigenvalue weighted by Crippen LogP contribution is 2.33. The number of fused-ring (bicyclic) bond motifs is 1. The molecule has 136 valence electrons. The summed E-state index contributed by atoms with van der Waals surface area (Å²) in [6, 6.07) is 4.68. The van der Waals surface area contributed by atoms with Crippen LogP contribution in [0.5, 0.6) is 11.5 Å². The maximum atomic E-state index is 12.5. The molecular formula is C18H17NO7. The first kappa shape index (κ1) is 17.5. The van der Waals surface area contributed by atoms with Crippen LogP contribution in [0, 0.1) is 6.92 Å². The van der Waals surface area contributed by atoms with Crippen LogP contribution in [0.2, 0.25) is 0 Å². The average Bonchev–Trinajstić information content (AvgIpc) is 3.18. The molecule has 0 spiro atoms. The van der Waals surface area contributed by atoms with Gasteiger partial charge in [-0.3, -0.25) is 14.9 Å². The molecule has 26 heavy (non-hydrogen) atoms. The Morgan fingerprint density at radius 1 is 1.15 bits per heavy atom. The van der Waals surface area contributed by atoms with E-state index in [-0.39, 0.29) is 47.5 Å². The van der Waals surface area contributed by atoms with Crippen LogP contribution in [0.25, 0.3) is 0 Å². The molecule has 0 unspecified atom stereocenters. The Kier molecular flexibility index (Phi) is 4.66. The highest BCUT2D eigenvalue weighted by Gasteiger charge is 2.29. The van der Waals surface area contributed by atoms with Gasteiger partial charge in [0.05, 0.1) is 12.2 Å². The van der Waals surface area contributed by atoms with Gasteiger partial charge in [-0.05, 0) is 39.0 Å². The van der Waals surface area contributed by atoms with Crippen molar-refractivity contribution in [3.63, 3.8) is 0 Å². The van der Waals surface area contributed by atoms with E-state index in [1.54, 1.807) is 19.1 Å². The molecule has 0 bridgehead atoms. The molecule has 0 saturated heterocycles. The van der Waals surface area contributed by atoms with Gasteiger partial charge in [-0.2, -0.15) is 0 Å². The number of esters is 1.